The molecule has 0 amide bonds. The maximum atomic E-state index is 5.61. The van der Waals surface area contributed by atoms with Gasteiger partial charge in [0.2, 0.25) is 0 Å². The van der Waals surface area contributed by atoms with Crippen molar-refractivity contribution in [2.24, 2.45) is 11.7 Å². The Balaban J connectivity index is 2.35. The lowest BCUT2D eigenvalue weighted by Gasteiger charge is -2.15. The number of aryl methyl sites for hydroxylation is 1. The Hall–Kier alpha value is -0.610. The minimum atomic E-state index is 0.684. The number of hydrogen-bond donors (Lipinski definition) is 2. The average molecular weight is 241 g/mol. The third-order valence-corrected chi connectivity index (χ3v) is 3.58. The highest BCUT2D eigenvalue weighted by molar-refractivity contribution is 7.13. The van der Waals surface area contributed by atoms with Crippen LogP contribution in [0.25, 0.3) is 0 Å². The van der Waals surface area contributed by atoms with Crippen molar-refractivity contribution in [2.75, 3.05) is 18.4 Å². The minimum Gasteiger partial charge on any atom is -0.361 e. The number of nitrogens with one attached hydrogen (secondary N) is 1. The summed E-state index contributed by atoms with van der Waals surface area (Å²) >= 11 is 1.70. The highest BCUT2D eigenvalue weighted by Crippen LogP contribution is 2.18. The molecule has 0 bridgehead atoms. The SMILES string of the molecule is CCCC(CCN)CNc1nc(CC)cs1. The van der Waals surface area contributed by atoms with E-state index in [4.69, 9.17) is 5.73 Å². The molecule has 0 aliphatic heterocycles. The van der Waals surface area contributed by atoms with Gasteiger partial charge in [-0.1, -0.05) is 20.3 Å². The zero-order chi connectivity index (χ0) is 11.8. The number of nitrogens with two attached hydrogens (primary N) is 1. The van der Waals surface area contributed by atoms with Crippen molar-refractivity contribution in [3.8, 4) is 0 Å². The molecular formula is C12H23N3S. The summed E-state index contributed by atoms with van der Waals surface area (Å²) in [6.07, 6.45) is 4.59. The summed E-state index contributed by atoms with van der Waals surface area (Å²) < 4.78 is 0. The Bertz CT molecular complexity index is 280. The van der Waals surface area contributed by atoms with Crippen molar-refractivity contribution in [2.45, 2.75) is 39.5 Å². The van der Waals surface area contributed by atoms with Crippen LogP contribution in [0.3, 0.4) is 0 Å². The van der Waals surface area contributed by atoms with Gasteiger partial charge in [0.1, 0.15) is 0 Å². The monoisotopic (exact) mass is 241 g/mol. The van der Waals surface area contributed by atoms with Crippen molar-refractivity contribution in [3.05, 3.63) is 11.1 Å². The van der Waals surface area contributed by atoms with Crippen molar-refractivity contribution in [1.82, 2.24) is 4.98 Å². The van der Waals surface area contributed by atoms with Crippen molar-refractivity contribution < 1.29 is 0 Å². The van der Waals surface area contributed by atoms with Gasteiger partial charge in [-0.15, -0.1) is 11.3 Å². The van der Waals surface area contributed by atoms with E-state index in [1.165, 1.54) is 18.5 Å². The standard InChI is InChI=1S/C12H23N3S/c1-3-5-10(6-7-13)8-14-12-15-11(4-2)9-16-12/h9-10H,3-8,13H2,1-2H3,(H,14,15). The molecule has 0 spiro atoms. The largest absolute Gasteiger partial charge is 0.361 e. The molecule has 1 rings (SSSR count). The van der Waals surface area contributed by atoms with Crippen molar-refractivity contribution in [1.29, 1.82) is 0 Å². The van der Waals surface area contributed by atoms with Gasteiger partial charge in [0.15, 0.2) is 5.13 Å². The van der Waals surface area contributed by atoms with Gasteiger partial charge >= 0.3 is 0 Å². The van der Waals surface area contributed by atoms with Gasteiger partial charge in [0.25, 0.3) is 0 Å². The third-order valence-electron chi connectivity index (χ3n) is 2.73. The third kappa shape index (κ3) is 4.49. The Morgan fingerprint density at radius 3 is 2.81 bits per heavy atom. The number of anilines is 1. The molecule has 1 heterocycles. The van der Waals surface area contributed by atoms with E-state index in [1.807, 2.05) is 0 Å². The maximum absolute atomic E-state index is 5.61. The molecule has 1 aromatic heterocycles. The molecule has 0 saturated carbocycles. The quantitative estimate of drug-likeness (QED) is 0.736. The first kappa shape index (κ1) is 13.5. The van der Waals surface area contributed by atoms with Gasteiger partial charge in [-0.05, 0) is 31.7 Å². The summed E-state index contributed by atoms with van der Waals surface area (Å²) in [4.78, 5) is 4.50. The predicted molar refractivity (Wildman–Crippen MR) is 72.1 cm³/mol. The van der Waals surface area contributed by atoms with Crippen molar-refractivity contribution in [3.63, 3.8) is 0 Å². The van der Waals surface area contributed by atoms with Crippen LogP contribution < -0.4 is 11.1 Å². The summed E-state index contributed by atoms with van der Waals surface area (Å²) in [6.45, 7) is 6.14. The molecule has 1 aromatic rings. The van der Waals surface area contributed by atoms with Crippen LogP contribution >= 0.6 is 11.3 Å². The lowest BCUT2D eigenvalue weighted by Crippen LogP contribution is -2.17. The average Bonchev–Trinajstić information content (AvgIpc) is 2.74. The minimum absolute atomic E-state index is 0.684. The van der Waals surface area contributed by atoms with E-state index in [-0.39, 0.29) is 0 Å². The fraction of sp³-hybridized carbons (Fsp3) is 0.750. The van der Waals surface area contributed by atoms with Crippen LogP contribution in [0, 0.1) is 5.92 Å². The number of aromatic nitrogens is 1. The second-order valence-corrected chi connectivity index (χ2v) is 4.97. The zero-order valence-electron chi connectivity index (χ0n) is 10.3. The van der Waals surface area contributed by atoms with Crippen LogP contribution in [0.4, 0.5) is 5.13 Å². The number of hydrogen-bond acceptors (Lipinski definition) is 4. The van der Waals surface area contributed by atoms with E-state index in [0.717, 1.165) is 31.1 Å². The molecule has 0 fully saturated rings. The first-order valence-corrected chi connectivity index (χ1v) is 7.06. The number of nitrogens with zero attached hydrogens (tertiary/aromatic N) is 1. The fourth-order valence-electron chi connectivity index (χ4n) is 1.77. The van der Waals surface area contributed by atoms with Gasteiger partial charge in [-0.25, -0.2) is 4.98 Å². The Labute approximate surface area is 102 Å². The molecule has 0 aliphatic carbocycles. The van der Waals surface area contributed by atoms with E-state index in [2.05, 4.69) is 29.5 Å². The lowest BCUT2D eigenvalue weighted by atomic mass is 10.00. The summed E-state index contributed by atoms with van der Waals surface area (Å²) in [5.41, 5.74) is 6.79. The molecule has 3 N–H and O–H groups in total. The molecule has 4 heteroatoms. The van der Waals surface area contributed by atoms with Crippen LogP contribution in [0.15, 0.2) is 5.38 Å². The van der Waals surface area contributed by atoms with E-state index < -0.39 is 0 Å². The van der Waals surface area contributed by atoms with Crippen molar-refractivity contribution >= 4 is 16.5 Å². The first-order chi connectivity index (χ1) is 7.80. The van der Waals surface area contributed by atoms with E-state index in [9.17, 15) is 0 Å². The molecule has 3 nitrogen and oxygen atoms in total. The normalized spacial score (nSPS) is 12.7. The van der Waals surface area contributed by atoms with Crippen LogP contribution in [0.2, 0.25) is 0 Å². The summed E-state index contributed by atoms with van der Waals surface area (Å²) in [5, 5.41) is 6.60. The first-order valence-electron chi connectivity index (χ1n) is 6.18. The van der Waals surface area contributed by atoms with Gasteiger partial charge in [0.05, 0.1) is 5.69 Å². The second kappa shape index (κ2) is 7.63. The van der Waals surface area contributed by atoms with Crippen LogP contribution in [0.1, 0.15) is 38.8 Å². The van der Waals surface area contributed by atoms with E-state index in [0.29, 0.717) is 5.92 Å². The highest BCUT2D eigenvalue weighted by Gasteiger charge is 2.07. The molecule has 0 aliphatic rings. The second-order valence-electron chi connectivity index (χ2n) is 4.11. The Morgan fingerprint density at radius 1 is 1.44 bits per heavy atom. The molecule has 16 heavy (non-hydrogen) atoms. The lowest BCUT2D eigenvalue weighted by molar-refractivity contribution is 0.473. The zero-order valence-corrected chi connectivity index (χ0v) is 11.1. The number of thiazole rings is 1. The molecule has 1 unspecified atom stereocenters. The van der Waals surface area contributed by atoms with Crippen LogP contribution in [-0.2, 0) is 6.42 Å². The van der Waals surface area contributed by atoms with Gasteiger partial charge in [-0.3, -0.25) is 0 Å². The predicted octanol–water partition coefficient (Wildman–Crippen LogP) is 2.88. The molecule has 0 saturated heterocycles. The molecule has 92 valence electrons. The number of rotatable bonds is 8. The van der Waals surface area contributed by atoms with Crippen LogP contribution in [0.5, 0.6) is 0 Å². The van der Waals surface area contributed by atoms with E-state index in [1.54, 1.807) is 11.3 Å². The summed E-state index contributed by atoms with van der Waals surface area (Å²) in [5.74, 6) is 0.684. The van der Waals surface area contributed by atoms with Gasteiger partial charge in [0, 0.05) is 11.9 Å². The fourth-order valence-corrected chi connectivity index (χ4v) is 2.58. The molecular weight excluding hydrogens is 218 g/mol. The molecule has 1 atom stereocenters. The molecule has 0 radical (unpaired) electrons. The summed E-state index contributed by atoms with van der Waals surface area (Å²) in [6, 6.07) is 0. The van der Waals surface area contributed by atoms with Gasteiger partial charge in [-0.2, -0.15) is 0 Å². The van der Waals surface area contributed by atoms with Crippen LogP contribution in [-0.4, -0.2) is 18.1 Å². The van der Waals surface area contributed by atoms with E-state index >= 15 is 0 Å². The Kier molecular flexibility index (Phi) is 6.42. The molecule has 0 aromatic carbocycles. The maximum Gasteiger partial charge on any atom is 0.182 e. The Morgan fingerprint density at radius 2 is 2.25 bits per heavy atom. The summed E-state index contributed by atoms with van der Waals surface area (Å²) in [7, 11) is 0. The highest BCUT2D eigenvalue weighted by atomic mass is 32.1. The smallest absolute Gasteiger partial charge is 0.182 e. The topological polar surface area (TPSA) is 50.9 Å². The van der Waals surface area contributed by atoms with Gasteiger partial charge < -0.3 is 11.1 Å².